The van der Waals surface area contributed by atoms with Crippen LogP contribution in [0.3, 0.4) is 0 Å². The van der Waals surface area contributed by atoms with E-state index in [1.807, 2.05) is 0 Å². The van der Waals surface area contributed by atoms with Crippen LogP contribution in [0.1, 0.15) is 20.3 Å². The minimum Gasteiger partial charge on any atom is -0.493 e. The average Bonchev–Trinajstić information content (AvgIpc) is 3.09. The van der Waals surface area contributed by atoms with E-state index in [-0.39, 0.29) is 6.03 Å². The minimum atomic E-state index is -0.384. The number of ether oxygens (including phenoxy) is 2. The summed E-state index contributed by atoms with van der Waals surface area (Å²) in [6.07, 6.45) is 1.23. The third-order valence-electron chi connectivity index (χ3n) is 4.42. The standard InChI is InChI=1S/C18H25N5O3S/c1-11-7-12(2)10-23(9-11)18-22-21-17(27-18)20-16(24)19-13-5-6-14(25-3)15(8-13)26-4/h5-6,8,11-12H,7,9-10H2,1-4H3,(H2,19,20,21,24)/t11-,12+. The number of benzene rings is 1. The van der Waals surface area contributed by atoms with Crippen molar-refractivity contribution in [2.75, 3.05) is 42.8 Å². The van der Waals surface area contributed by atoms with E-state index in [1.165, 1.54) is 17.8 Å². The molecular formula is C18H25N5O3S. The lowest BCUT2D eigenvalue weighted by atomic mass is 9.92. The van der Waals surface area contributed by atoms with Crippen molar-refractivity contribution >= 4 is 33.3 Å². The van der Waals surface area contributed by atoms with Crippen LogP contribution in [0.25, 0.3) is 0 Å². The molecule has 0 bridgehead atoms. The maximum absolute atomic E-state index is 12.3. The maximum atomic E-state index is 12.3. The average molecular weight is 391 g/mol. The van der Waals surface area contributed by atoms with Gasteiger partial charge in [0.25, 0.3) is 0 Å². The number of carbonyl (C=O) groups excluding carboxylic acids is 1. The summed E-state index contributed by atoms with van der Waals surface area (Å²) in [5.74, 6) is 2.40. The van der Waals surface area contributed by atoms with Gasteiger partial charge in [0.05, 0.1) is 14.2 Å². The van der Waals surface area contributed by atoms with Crippen LogP contribution in [0.2, 0.25) is 0 Å². The van der Waals surface area contributed by atoms with Gasteiger partial charge in [-0.1, -0.05) is 25.2 Å². The van der Waals surface area contributed by atoms with Gasteiger partial charge in [-0.2, -0.15) is 0 Å². The molecule has 1 aromatic heterocycles. The zero-order valence-corrected chi connectivity index (χ0v) is 16.8. The van der Waals surface area contributed by atoms with Gasteiger partial charge in [-0.25, -0.2) is 4.79 Å². The number of nitrogens with one attached hydrogen (secondary N) is 2. The number of methoxy groups -OCH3 is 2. The number of hydrogen-bond acceptors (Lipinski definition) is 7. The Labute approximate surface area is 162 Å². The first-order chi connectivity index (χ1) is 13.0. The van der Waals surface area contributed by atoms with Crippen LogP contribution in [0.4, 0.5) is 20.7 Å². The molecule has 1 aliphatic rings. The molecule has 2 amide bonds. The van der Waals surface area contributed by atoms with Gasteiger partial charge in [-0.3, -0.25) is 5.32 Å². The predicted octanol–water partition coefficient (Wildman–Crippen LogP) is 3.68. The summed E-state index contributed by atoms with van der Waals surface area (Å²) in [4.78, 5) is 14.5. The van der Waals surface area contributed by atoms with E-state index in [4.69, 9.17) is 9.47 Å². The van der Waals surface area contributed by atoms with E-state index in [0.717, 1.165) is 18.2 Å². The Morgan fingerprint density at radius 3 is 2.48 bits per heavy atom. The van der Waals surface area contributed by atoms with Gasteiger partial charge in [-0.15, -0.1) is 10.2 Å². The Morgan fingerprint density at radius 1 is 1.11 bits per heavy atom. The number of rotatable bonds is 5. The second-order valence-electron chi connectivity index (χ2n) is 6.89. The fourth-order valence-electron chi connectivity index (χ4n) is 3.39. The van der Waals surface area contributed by atoms with Crippen molar-refractivity contribution in [1.82, 2.24) is 10.2 Å². The molecule has 3 rings (SSSR count). The maximum Gasteiger partial charge on any atom is 0.325 e. The molecular weight excluding hydrogens is 366 g/mol. The summed E-state index contributed by atoms with van der Waals surface area (Å²) >= 11 is 1.38. The Kier molecular flexibility index (Phi) is 6.00. The molecule has 9 heteroatoms. The first-order valence-electron chi connectivity index (χ1n) is 8.87. The summed E-state index contributed by atoms with van der Waals surface area (Å²) < 4.78 is 10.4. The molecule has 2 N–H and O–H groups in total. The van der Waals surface area contributed by atoms with Crippen molar-refractivity contribution < 1.29 is 14.3 Å². The van der Waals surface area contributed by atoms with Gasteiger partial charge < -0.3 is 19.7 Å². The molecule has 0 unspecified atom stereocenters. The van der Waals surface area contributed by atoms with Crippen LogP contribution >= 0.6 is 11.3 Å². The van der Waals surface area contributed by atoms with E-state index < -0.39 is 0 Å². The Hall–Kier alpha value is -2.55. The fraction of sp³-hybridized carbons (Fsp3) is 0.500. The molecule has 0 aliphatic carbocycles. The van der Waals surface area contributed by atoms with Crippen molar-refractivity contribution in [2.24, 2.45) is 11.8 Å². The van der Waals surface area contributed by atoms with E-state index in [0.29, 0.717) is 34.2 Å². The van der Waals surface area contributed by atoms with Gasteiger partial charge in [0.15, 0.2) is 11.5 Å². The van der Waals surface area contributed by atoms with Crippen LogP contribution < -0.4 is 25.0 Å². The van der Waals surface area contributed by atoms with Crippen LogP contribution in [-0.4, -0.2) is 43.5 Å². The zero-order valence-electron chi connectivity index (χ0n) is 16.0. The number of hydrogen-bond donors (Lipinski definition) is 2. The van der Waals surface area contributed by atoms with Gasteiger partial charge in [0, 0.05) is 24.8 Å². The molecule has 2 atom stereocenters. The second kappa shape index (κ2) is 8.43. The zero-order chi connectivity index (χ0) is 19.4. The highest BCUT2D eigenvalue weighted by molar-refractivity contribution is 7.19. The van der Waals surface area contributed by atoms with Crippen molar-refractivity contribution in [3.05, 3.63) is 18.2 Å². The third-order valence-corrected chi connectivity index (χ3v) is 5.32. The van der Waals surface area contributed by atoms with E-state index in [2.05, 4.69) is 39.6 Å². The Bertz CT molecular complexity index is 787. The van der Waals surface area contributed by atoms with Crippen LogP contribution in [0.5, 0.6) is 11.5 Å². The first-order valence-corrected chi connectivity index (χ1v) is 9.68. The van der Waals surface area contributed by atoms with Gasteiger partial charge in [0.1, 0.15) is 0 Å². The summed E-state index contributed by atoms with van der Waals surface area (Å²) in [5.41, 5.74) is 0.591. The van der Waals surface area contributed by atoms with E-state index in [9.17, 15) is 4.79 Å². The molecule has 0 saturated carbocycles. The molecule has 8 nitrogen and oxygen atoms in total. The molecule has 1 aliphatic heterocycles. The minimum absolute atomic E-state index is 0.384. The van der Waals surface area contributed by atoms with E-state index in [1.54, 1.807) is 32.4 Å². The highest BCUT2D eigenvalue weighted by atomic mass is 32.1. The quantitative estimate of drug-likeness (QED) is 0.808. The van der Waals surface area contributed by atoms with Crippen molar-refractivity contribution in [1.29, 1.82) is 0 Å². The van der Waals surface area contributed by atoms with Crippen LogP contribution in [-0.2, 0) is 0 Å². The van der Waals surface area contributed by atoms with Crippen molar-refractivity contribution in [2.45, 2.75) is 20.3 Å². The largest absolute Gasteiger partial charge is 0.493 e. The summed E-state index contributed by atoms with van der Waals surface area (Å²) in [6, 6.07) is 4.78. The summed E-state index contributed by atoms with van der Waals surface area (Å²) in [6.45, 7) is 6.44. The number of carbonyl (C=O) groups is 1. The van der Waals surface area contributed by atoms with Crippen LogP contribution in [0, 0.1) is 11.8 Å². The molecule has 1 saturated heterocycles. The number of urea groups is 1. The molecule has 0 spiro atoms. The van der Waals surface area contributed by atoms with Crippen LogP contribution in [0.15, 0.2) is 18.2 Å². The molecule has 2 aromatic rings. The lowest BCUT2D eigenvalue weighted by Gasteiger charge is -2.34. The van der Waals surface area contributed by atoms with E-state index >= 15 is 0 Å². The highest BCUT2D eigenvalue weighted by Crippen LogP contribution is 2.31. The lowest BCUT2D eigenvalue weighted by molar-refractivity contribution is 0.262. The lowest BCUT2D eigenvalue weighted by Crippen LogP contribution is -2.38. The monoisotopic (exact) mass is 391 g/mol. The van der Waals surface area contributed by atoms with Gasteiger partial charge in [0.2, 0.25) is 10.3 Å². The smallest absolute Gasteiger partial charge is 0.325 e. The van der Waals surface area contributed by atoms with Crippen molar-refractivity contribution in [3.63, 3.8) is 0 Å². The predicted molar refractivity (Wildman–Crippen MR) is 107 cm³/mol. The first kappa shape index (κ1) is 19.2. The second-order valence-corrected chi connectivity index (χ2v) is 7.85. The Balaban J connectivity index is 1.61. The molecule has 27 heavy (non-hydrogen) atoms. The molecule has 0 radical (unpaired) electrons. The fourth-order valence-corrected chi connectivity index (χ4v) is 4.14. The molecule has 2 heterocycles. The number of anilines is 3. The third kappa shape index (κ3) is 4.79. The van der Waals surface area contributed by atoms with Gasteiger partial charge >= 0.3 is 6.03 Å². The molecule has 146 valence electrons. The summed E-state index contributed by atoms with van der Waals surface area (Å²) in [5, 5.41) is 15.1. The number of piperidine rings is 1. The van der Waals surface area contributed by atoms with Crippen molar-refractivity contribution in [3.8, 4) is 11.5 Å². The highest BCUT2D eigenvalue weighted by Gasteiger charge is 2.24. The summed E-state index contributed by atoms with van der Waals surface area (Å²) in [7, 11) is 3.11. The normalized spacial score (nSPS) is 19.5. The molecule has 1 aromatic carbocycles. The number of aromatic nitrogens is 2. The van der Waals surface area contributed by atoms with Gasteiger partial charge in [-0.05, 0) is 30.4 Å². The number of amides is 2. The Morgan fingerprint density at radius 2 is 1.81 bits per heavy atom. The molecule has 1 fully saturated rings. The number of nitrogens with zero attached hydrogens (tertiary/aromatic N) is 3. The topological polar surface area (TPSA) is 88.6 Å². The SMILES string of the molecule is COc1ccc(NC(=O)Nc2nnc(N3C[C@H](C)C[C@H](C)C3)s2)cc1OC.